The molecule has 1 aliphatic carbocycles. The van der Waals surface area contributed by atoms with E-state index in [-0.39, 0.29) is 66.6 Å². The molecule has 3 saturated heterocycles. The molecular formula is C72H84ClF3N12O11S3. The number of amides is 5. The van der Waals surface area contributed by atoms with Gasteiger partial charge in [-0.1, -0.05) is 79.2 Å². The average molecular weight is 1480 g/mol. The summed E-state index contributed by atoms with van der Waals surface area (Å²) in [5.74, 6) is -2.31. The molecular weight excluding hydrogens is 1400 g/mol. The number of nitrogens with one attached hydrogen (secondary N) is 4. The lowest BCUT2D eigenvalue weighted by Gasteiger charge is -2.39. The molecule has 6 aromatic rings. The number of nitrogens with zero attached hydrogens (tertiary/aromatic N) is 8. The average Bonchev–Trinajstić information content (AvgIpc) is 1.65. The Morgan fingerprint density at radius 2 is 1.54 bits per heavy atom. The van der Waals surface area contributed by atoms with Gasteiger partial charge in [-0.25, -0.2) is 21.6 Å². The molecule has 1 unspecified atom stereocenters. The summed E-state index contributed by atoms with van der Waals surface area (Å²) in [6, 6.07) is 29.4. The number of alkyl halides is 3. The standard InChI is InChI=1S/C72H84ClF3N12O11S3/c1-49-14-25-63(68(91)78-49)88-69(92)60-11-7-12-62(66(60)70(88)93)77-29-40-98-41-42-99-47-55-46-87(82-80-55)30-8-13-65(89)86-38-32-83(33-39-86)31-27-54(48-100-57-9-5-4-6-10-57)79-61-24-23-58(43-64(61)101(94,95)72(74,75)76)102(96,97)81-67(90)51-17-21-56(22-18-51)85-36-34-84(35-37-85)45-52-44-71(2,3)28-26-59(52)50-15-19-53(73)20-16-50/h4-7,9-12,15-24,43,46,54,63,77,79H,1,8,13-14,25-42,44-45,47-48H2,2-3H3,(H,78,91)(H,81,90)/t54-,63?/m1/s1. The zero-order chi connectivity index (χ0) is 72.3. The van der Waals surface area contributed by atoms with Crippen molar-refractivity contribution < 1.29 is 63.5 Å². The zero-order valence-corrected chi connectivity index (χ0v) is 60.1. The molecule has 4 aliphatic heterocycles. The van der Waals surface area contributed by atoms with Gasteiger partial charge in [-0.3, -0.25) is 43.4 Å². The smallest absolute Gasteiger partial charge is 0.382 e. The van der Waals surface area contributed by atoms with Gasteiger partial charge in [0.2, 0.25) is 11.8 Å². The van der Waals surface area contributed by atoms with Crippen LogP contribution in [0.4, 0.5) is 30.2 Å². The molecule has 0 spiro atoms. The molecule has 0 saturated carbocycles. The Hall–Kier alpha value is -8.16. The third-order valence-corrected chi connectivity index (χ3v) is 23.2. The number of imide groups is 1. The molecule has 4 N–H and O–H groups in total. The van der Waals surface area contributed by atoms with E-state index in [1.165, 1.54) is 40.6 Å². The topological polar surface area (TPSA) is 267 Å². The van der Waals surface area contributed by atoms with E-state index >= 15 is 0 Å². The number of carbonyl (C=O) groups is 5. The largest absolute Gasteiger partial charge is 0.501 e. The van der Waals surface area contributed by atoms with Gasteiger partial charge in [-0.15, -0.1) is 16.9 Å². The number of piperazine rings is 2. The van der Waals surface area contributed by atoms with Crippen molar-refractivity contribution in [3.05, 3.63) is 172 Å². The molecule has 30 heteroatoms. The van der Waals surface area contributed by atoms with E-state index in [0.29, 0.717) is 113 Å². The van der Waals surface area contributed by atoms with Crippen LogP contribution in [0.25, 0.3) is 5.57 Å². The molecule has 2 atom stereocenters. The van der Waals surface area contributed by atoms with E-state index < -0.39 is 76.6 Å². The van der Waals surface area contributed by atoms with E-state index in [9.17, 15) is 54.0 Å². The maximum atomic E-state index is 14.6. The first kappa shape index (κ1) is 75.0. The maximum Gasteiger partial charge on any atom is 0.501 e. The molecule has 5 amide bonds. The number of aryl methyl sites for hydroxylation is 1. The third-order valence-electron chi connectivity index (χ3n) is 18.9. The van der Waals surface area contributed by atoms with Crippen LogP contribution in [-0.4, -0.2) is 196 Å². The third kappa shape index (κ3) is 18.8. The predicted molar refractivity (Wildman–Crippen MR) is 383 cm³/mol. The van der Waals surface area contributed by atoms with E-state index in [1.54, 1.807) is 46.1 Å². The number of ether oxygens (including phenoxy) is 2. The van der Waals surface area contributed by atoms with Crippen molar-refractivity contribution >= 4 is 95.4 Å². The SMILES string of the molecule is C=C1CCC(N2C(=O)c3cccc(NCCOCCOCc4cn(CCCC(=O)N5CCN(CC[C@H](CSc6ccccc6)Nc6ccc(S(=O)(=O)NC(=O)c7ccc(N8CCN(CC9=C(c%10ccc(Cl)cc%10)CCC(C)(C)C9)CC8)cc7)cc6S(=O)(=O)C(F)(F)F)CC5)nn4)c3C2=O)C(=O)N1. The Morgan fingerprint density at radius 1 is 0.814 bits per heavy atom. The summed E-state index contributed by atoms with van der Waals surface area (Å²) in [6.45, 7) is 16.2. The quantitative estimate of drug-likeness (QED) is 0.0186. The monoisotopic (exact) mass is 1480 g/mol. The van der Waals surface area contributed by atoms with E-state index in [4.69, 9.17) is 21.1 Å². The van der Waals surface area contributed by atoms with Crippen molar-refractivity contribution in [1.29, 1.82) is 0 Å². The molecule has 11 rings (SSSR count). The van der Waals surface area contributed by atoms with E-state index in [2.05, 4.69) is 73.5 Å². The number of halogens is 4. The van der Waals surface area contributed by atoms with Crippen LogP contribution in [0.15, 0.2) is 154 Å². The lowest BCUT2D eigenvalue weighted by molar-refractivity contribution is -0.133. The number of aromatic nitrogens is 3. The molecule has 102 heavy (non-hydrogen) atoms. The molecule has 23 nitrogen and oxygen atoms in total. The summed E-state index contributed by atoms with van der Waals surface area (Å²) in [5.41, 5.74) is 0.740. The number of sulfone groups is 1. The van der Waals surface area contributed by atoms with Crippen molar-refractivity contribution in [2.75, 3.05) is 113 Å². The van der Waals surface area contributed by atoms with Crippen molar-refractivity contribution in [2.45, 2.75) is 111 Å². The number of allylic oxidation sites excluding steroid dienone is 2. The number of fused-ring (bicyclic) bond motifs is 1. The molecule has 5 heterocycles. The van der Waals surface area contributed by atoms with Crippen molar-refractivity contribution in [3.63, 3.8) is 0 Å². The second-order valence-electron chi connectivity index (χ2n) is 26.8. The summed E-state index contributed by atoms with van der Waals surface area (Å²) in [6.07, 6.45) is 6.67. The number of rotatable bonds is 30. The van der Waals surface area contributed by atoms with Crippen LogP contribution < -0.4 is 25.6 Å². The Bertz CT molecular complexity index is 4300. The zero-order valence-electron chi connectivity index (χ0n) is 56.9. The molecule has 1 aromatic heterocycles. The van der Waals surface area contributed by atoms with Crippen molar-refractivity contribution in [3.8, 4) is 0 Å². The summed E-state index contributed by atoms with van der Waals surface area (Å²) < 4.78 is 113. The Morgan fingerprint density at radius 3 is 2.26 bits per heavy atom. The minimum absolute atomic E-state index is 0.0370. The van der Waals surface area contributed by atoms with Crippen LogP contribution in [0.3, 0.4) is 0 Å². The van der Waals surface area contributed by atoms with Crippen LogP contribution in [0.5, 0.6) is 0 Å². The van der Waals surface area contributed by atoms with Gasteiger partial charge in [0.15, 0.2) is 0 Å². The number of carbonyl (C=O) groups excluding carboxylic acids is 5. The van der Waals surface area contributed by atoms with Gasteiger partial charge < -0.3 is 35.2 Å². The lowest BCUT2D eigenvalue weighted by atomic mass is 9.73. The molecule has 5 aromatic carbocycles. The first-order chi connectivity index (χ1) is 48.8. The Labute approximate surface area is 601 Å². The molecule has 5 aliphatic rings. The minimum Gasteiger partial charge on any atom is -0.382 e. The van der Waals surface area contributed by atoms with Crippen molar-refractivity contribution in [2.24, 2.45) is 5.41 Å². The van der Waals surface area contributed by atoms with Gasteiger partial charge >= 0.3 is 5.51 Å². The van der Waals surface area contributed by atoms with Crippen molar-refractivity contribution in [1.82, 2.24) is 44.6 Å². The second kappa shape index (κ2) is 33.1. The van der Waals surface area contributed by atoms with E-state index in [0.717, 1.165) is 66.5 Å². The number of sulfonamides is 1. The minimum atomic E-state index is -6.17. The Balaban J connectivity index is 0.619. The van der Waals surface area contributed by atoms with Gasteiger partial charge in [0.25, 0.3) is 37.6 Å². The van der Waals surface area contributed by atoms with Crippen LogP contribution in [0, 0.1) is 5.41 Å². The van der Waals surface area contributed by atoms with Crippen LogP contribution in [0.1, 0.15) is 108 Å². The first-order valence-electron chi connectivity index (χ1n) is 34.1. The normalized spacial score (nSPS) is 18.1. The number of benzene rings is 5. The van der Waals surface area contributed by atoms with Gasteiger partial charge in [-0.05, 0) is 140 Å². The number of anilines is 3. The summed E-state index contributed by atoms with van der Waals surface area (Å²) in [7, 11) is -11.1. The predicted octanol–water partition coefficient (Wildman–Crippen LogP) is 9.75. The van der Waals surface area contributed by atoms with Gasteiger partial charge in [-0.2, -0.15) is 13.2 Å². The Kier molecular flexibility index (Phi) is 24.3. The number of hydrogen-bond acceptors (Lipinski definition) is 19. The lowest BCUT2D eigenvalue weighted by Crippen LogP contribution is -2.51. The molecule has 544 valence electrons. The fraction of sp³-hybridized carbons (Fsp3) is 0.431. The summed E-state index contributed by atoms with van der Waals surface area (Å²) >= 11 is 7.62. The fourth-order valence-corrected chi connectivity index (χ4v) is 16.5. The number of thioether (sulfide) groups is 1. The van der Waals surface area contributed by atoms with Crippen LogP contribution in [0.2, 0.25) is 5.02 Å². The summed E-state index contributed by atoms with van der Waals surface area (Å²) in [5, 5.41) is 17.9. The van der Waals surface area contributed by atoms with Gasteiger partial charge in [0.05, 0.1) is 54.3 Å². The second-order valence-corrected chi connectivity index (χ2v) is 31.9. The molecule has 3 fully saturated rings. The number of hydrogen-bond donors (Lipinski definition) is 4. The highest BCUT2D eigenvalue weighted by Gasteiger charge is 2.49. The van der Waals surface area contributed by atoms with E-state index in [1.807, 2.05) is 47.2 Å². The maximum absolute atomic E-state index is 14.6. The highest BCUT2D eigenvalue weighted by atomic mass is 35.5. The first-order valence-corrected chi connectivity index (χ1v) is 38.4. The van der Waals surface area contributed by atoms with Gasteiger partial charge in [0, 0.05) is 129 Å². The number of piperidine rings is 1. The highest BCUT2D eigenvalue weighted by molar-refractivity contribution is 7.99. The van der Waals surface area contributed by atoms with Crippen LogP contribution in [-0.2, 0) is 52.1 Å². The summed E-state index contributed by atoms with van der Waals surface area (Å²) in [4.78, 5) is 74.5. The fourth-order valence-electron chi connectivity index (χ4n) is 13.3. The highest BCUT2D eigenvalue weighted by Crippen LogP contribution is 2.44. The molecule has 0 bridgehead atoms. The van der Waals surface area contributed by atoms with Gasteiger partial charge in [0.1, 0.15) is 16.6 Å². The van der Waals surface area contributed by atoms with Crippen LogP contribution >= 0.6 is 23.4 Å². The molecule has 0 radical (unpaired) electrons.